The Bertz CT molecular complexity index is 1190. The van der Waals surface area contributed by atoms with Crippen LogP contribution in [-0.2, 0) is 11.3 Å². The molecular weight excluding hydrogens is 434 g/mol. The van der Waals surface area contributed by atoms with Crippen molar-refractivity contribution in [3.63, 3.8) is 0 Å². The maximum Gasteiger partial charge on any atom is 0.240 e. The molecule has 0 saturated heterocycles. The summed E-state index contributed by atoms with van der Waals surface area (Å²) in [4.78, 5) is 11.4. The molecule has 3 aromatic carbocycles. The fourth-order valence-electron chi connectivity index (χ4n) is 4.03. The normalized spacial score (nSPS) is 14.3. The molecule has 0 bridgehead atoms. The highest BCUT2D eigenvalue weighted by Gasteiger charge is 2.17. The van der Waals surface area contributed by atoms with Crippen molar-refractivity contribution in [2.75, 3.05) is 27.4 Å². The van der Waals surface area contributed by atoms with E-state index in [0.29, 0.717) is 43.2 Å². The SMILES string of the molecule is COc1cccc(CNCC(O)COc2ccc(C3=NNC(=O)CC3)c3ccccc23)c1OC. The molecule has 1 heterocycles. The number of amides is 1. The lowest BCUT2D eigenvalue weighted by Crippen LogP contribution is -2.31. The van der Waals surface area contributed by atoms with Gasteiger partial charge >= 0.3 is 0 Å². The van der Waals surface area contributed by atoms with Gasteiger partial charge in [-0.05, 0) is 23.6 Å². The van der Waals surface area contributed by atoms with Crippen molar-refractivity contribution in [3.05, 3.63) is 65.7 Å². The second kappa shape index (κ2) is 11.0. The molecule has 0 aromatic heterocycles. The quantitative estimate of drug-likeness (QED) is 0.427. The smallest absolute Gasteiger partial charge is 0.240 e. The zero-order valence-corrected chi connectivity index (χ0v) is 19.3. The highest BCUT2D eigenvalue weighted by atomic mass is 16.5. The number of ether oxygens (including phenoxy) is 3. The van der Waals surface area contributed by atoms with E-state index in [0.717, 1.165) is 27.6 Å². The Labute approximate surface area is 198 Å². The molecule has 0 spiro atoms. The number of para-hydroxylation sites is 1. The second-order valence-electron chi connectivity index (χ2n) is 8.00. The number of nitrogens with one attached hydrogen (secondary N) is 2. The molecule has 1 atom stereocenters. The van der Waals surface area contributed by atoms with E-state index in [-0.39, 0.29) is 12.5 Å². The molecule has 1 aliphatic heterocycles. The van der Waals surface area contributed by atoms with Crippen LogP contribution in [0.1, 0.15) is 24.0 Å². The van der Waals surface area contributed by atoms with Crippen LogP contribution in [0.4, 0.5) is 0 Å². The van der Waals surface area contributed by atoms with Crippen LogP contribution in [-0.4, -0.2) is 50.2 Å². The van der Waals surface area contributed by atoms with Gasteiger partial charge in [-0.2, -0.15) is 5.10 Å². The maximum atomic E-state index is 11.4. The first-order chi connectivity index (χ1) is 16.6. The van der Waals surface area contributed by atoms with Crippen molar-refractivity contribution in [1.29, 1.82) is 0 Å². The van der Waals surface area contributed by atoms with E-state index >= 15 is 0 Å². The molecule has 1 aliphatic rings. The van der Waals surface area contributed by atoms with Gasteiger partial charge in [0.15, 0.2) is 11.5 Å². The molecule has 0 saturated carbocycles. The van der Waals surface area contributed by atoms with Gasteiger partial charge in [0.05, 0.1) is 19.9 Å². The Morgan fingerprint density at radius 1 is 1.00 bits per heavy atom. The first-order valence-corrected chi connectivity index (χ1v) is 11.2. The topological polar surface area (TPSA) is 101 Å². The summed E-state index contributed by atoms with van der Waals surface area (Å²) >= 11 is 0. The second-order valence-corrected chi connectivity index (χ2v) is 8.00. The minimum Gasteiger partial charge on any atom is -0.493 e. The number of carbonyl (C=O) groups excluding carboxylic acids is 1. The van der Waals surface area contributed by atoms with Crippen LogP contribution >= 0.6 is 0 Å². The number of fused-ring (bicyclic) bond motifs is 1. The summed E-state index contributed by atoms with van der Waals surface area (Å²) in [6, 6.07) is 17.4. The van der Waals surface area contributed by atoms with Gasteiger partial charge in [0.2, 0.25) is 5.91 Å². The molecule has 34 heavy (non-hydrogen) atoms. The molecule has 8 heteroatoms. The molecule has 0 aliphatic carbocycles. The van der Waals surface area contributed by atoms with E-state index < -0.39 is 6.10 Å². The van der Waals surface area contributed by atoms with Gasteiger partial charge in [0.1, 0.15) is 18.5 Å². The van der Waals surface area contributed by atoms with Gasteiger partial charge in [0, 0.05) is 42.4 Å². The maximum absolute atomic E-state index is 11.4. The van der Waals surface area contributed by atoms with Gasteiger partial charge in [-0.25, -0.2) is 5.43 Å². The van der Waals surface area contributed by atoms with Crippen molar-refractivity contribution in [1.82, 2.24) is 10.7 Å². The number of aliphatic hydroxyl groups excluding tert-OH is 1. The van der Waals surface area contributed by atoms with E-state index in [4.69, 9.17) is 14.2 Å². The average Bonchev–Trinajstić information content (AvgIpc) is 2.87. The van der Waals surface area contributed by atoms with E-state index in [1.165, 1.54) is 0 Å². The molecule has 8 nitrogen and oxygen atoms in total. The van der Waals surface area contributed by atoms with Gasteiger partial charge < -0.3 is 24.6 Å². The van der Waals surface area contributed by atoms with E-state index in [9.17, 15) is 9.90 Å². The summed E-state index contributed by atoms with van der Waals surface area (Å²) in [5, 5.41) is 19.9. The lowest BCUT2D eigenvalue weighted by atomic mass is 9.97. The van der Waals surface area contributed by atoms with Gasteiger partial charge in [-0.15, -0.1) is 0 Å². The fourth-order valence-corrected chi connectivity index (χ4v) is 4.03. The standard InChI is InChI=1S/C26H29N3O5/c1-32-24-9-5-6-17(26(24)33-2)14-27-15-18(30)16-34-23-12-10-20(19-7-3-4-8-21(19)23)22-11-13-25(31)29-28-22/h3-10,12,18,27,30H,11,13-16H2,1-2H3,(H,29,31). The van der Waals surface area contributed by atoms with Crippen molar-refractivity contribution in [2.45, 2.75) is 25.5 Å². The Morgan fingerprint density at radius 2 is 1.82 bits per heavy atom. The number of hydrazone groups is 1. The van der Waals surface area contributed by atoms with Crippen molar-refractivity contribution >= 4 is 22.4 Å². The highest BCUT2D eigenvalue weighted by Crippen LogP contribution is 2.31. The third kappa shape index (κ3) is 5.30. The van der Waals surface area contributed by atoms with Crippen molar-refractivity contribution in [2.24, 2.45) is 5.10 Å². The third-order valence-electron chi connectivity index (χ3n) is 5.71. The van der Waals surface area contributed by atoms with E-state index in [1.807, 2.05) is 54.6 Å². The highest BCUT2D eigenvalue weighted by molar-refractivity contribution is 6.13. The first-order valence-electron chi connectivity index (χ1n) is 11.2. The molecule has 1 amide bonds. The van der Waals surface area contributed by atoms with Crippen LogP contribution in [0.2, 0.25) is 0 Å². The summed E-state index contributed by atoms with van der Waals surface area (Å²) in [5.41, 5.74) is 5.32. The zero-order chi connectivity index (χ0) is 23.9. The summed E-state index contributed by atoms with van der Waals surface area (Å²) in [6.45, 7) is 1.02. The Kier molecular flexibility index (Phi) is 7.61. The molecule has 0 fully saturated rings. The van der Waals surface area contributed by atoms with Gasteiger partial charge in [-0.1, -0.05) is 36.4 Å². The van der Waals surface area contributed by atoms with Crippen LogP contribution in [0, 0.1) is 0 Å². The number of nitrogens with zero attached hydrogens (tertiary/aromatic N) is 1. The van der Waals surface area contributed by atoms with Crippen LogP contribution in [0.3, 0.4) is 0 Å². The van der Waals surface area contributed by atoms with Crippen LogP contribution in [0.15, 0.2) is 59.7 Å². The molecule has 4 rings (SSSR count). The van der Waals surface area contributed by atoms with Gasteiger partial charge in [-0.3, -0.25) is 4.79 Å². The number of hydrogen-bond acceptors (Lipinski definition) is 7. The lowest BCUT2D eigenvalue weighted by Gasteiger charge is -2.18. The Morgan fingerprint density at radius 3 is 2.56 bits per heavy atom. The summed E-state index contributed by atoms with van der Waals surface area (Å²) in [6.07, 6.45) is 0.318. The number of rotatable bonds is 10. The number of carbonyl (C=O) groups is 1. The Balaban J connectivity index is 1.38. The average molecular weight is 464 g/mol. The molecular formula is C26H29N3O5. The largest absolute Gasteiger partial charge is 0.493 e. The van der Waals surface area contributed by atoms with Crippen LogP contribution < -0.4 is 25.0 Å². The predicted octanol–water partition coefficient (Wildman–Crippen LogP) is 3.00. The zero-order valence-electron chi connectivity index (χ0n) is 19.3. The summed E-state index contributed by atoms with van der Waals surface area (Å²) in [5.74, 6) is 1.97. The van der Waals surface area contributed by atoms with Crippen molar-refractivity contribution in [3.8, 4) is 17.2 Å². The number of methoxy groups -OCH3 is 2. The monoisotopic (exact) mass is 463 g/mol. The van der Waals surface area contributed by atoms with Crippen LogP contribution in [0.25, 0.3) is 10.8 Å². The molecule has 0 radical (unpaired) electrons. The molecule has 3 aromatic rings. The van der Waals surface area contributed by atoms with E-state index in [2.05, 4.69) is 15.8 Å². The summed E-state index contributed by atoms with van der Waals surface area (Å²) < 4.78 is 16.8. The Hall–Kier alpha value is -3.62. The minimum absolute atomic E-state index is 0.0690. The third-order valence-corrected chi connectivity index (χ3v) is 5.71. The fraction of sp³-hybridized carbons (Fsp3) is 0.308. The van der Waals surface area contributed by atoms with E-state index in [1.54, 1.807) is 14.2 Å². The predicted molar refractivity (Wildman–Crippen MR) is 131 cm³/mol. The number of hydrogen-bond donors (Lipinski definition) is 3. The molecule has 178 valence electrons. The first kappa shape index (κ1) is 23.5. The minimum atomic E-state index is -0.701. The lowest BCUT2D eigenvalue weighted by molar-refractivity contribution is -0.121. The summed E-state index contributed by atoms with van der Waals surface area (Å²) in [7, 11) is 3.21. The molecule has 3 N–H and O–H groups in total. The van der Waals surface area contributed by atoms with Crippen LogP contribution in [0.5, 0.6) is 17.2 Å². The van der Waals surface area contributed by atoms with Crippen molar-refractivity contribution < 1.29 is 24.1 Å². The molecule has 1 unspecified atom stereocenters. The number of aliphatic hydroxyl groups is 1. The van der Waals surface area contributed by atoms with Gasteiger partial charge in [0.25, 0.3) is 0 Å². The number of benzene rings is 3.